The van der Waals surface area contributed by atoms with Crippen LogP contribution in [0.15, 0.2) is 75.4 Å². The predicted octanol–water partition coefficient (Wildman–Crippen LogP) is 6.91. The third-order valence-corrected chi connectivity index (χ3v) is 7.96. The van der Waals surface area contributed by atoms with E-state index in [1.165, 1.54) is 11.8 Å². The second-order valence-corrected chi connectivity index (χ2v) is 10.8. The molecule has 3 aromatic carbocycles. The zero-order valence-electron chi connectivity index (χ0n) is 18.1. The molecule has 1 unspecified atom stereocenters. The van der Waals surface area contributed by atoms with E-state index in [1.54, 1.807) is 30.5 Å². The number of carbonyl (C=O) groups excluding carboxylic acids is 1. The molecule has 0 aromatic heterocycles. The van der Waals surface area contributed by atoms with Crippen LogP contribution >= 0.6 is 39.3 Å². The van der Waals surface area contributed by atoms with Gasteiger partial charge in [0.25, 0.3) is 5.91 Å². The second kappa shape index (κ2) is 12.4. The van der Waals surface area contributed by atoms with Crippen LogP contribution in [0.4, 0.5) is 0 Å². The van der Waals surface area contributed by atoms with Gasteiger partial charge in [0.05, 0.1) is 19.5 Å². The fraction of sp³-hybridized carbons (Fsp3) is 0.160. The van der Waals surface area contributed by atoms with Gasteiger partial charge in [0.1, 0.15) is 11.5 Å². The molecule has 0 radical (unpaired) electrons. The minimum absolute atomic E-state index is 0.134. The molecule has 0 saturated carbocycles. The summed E-state index contributed by atoms with van der Waals surface area (Å²) in [6.45, 7) is 0.538. The zero-order chi connectivity index (χ0) is 23.8. The molecule has 1 amide bonds. The lowest BCUT2D eigenvalue weighted by atomic mass is 10.1. The minimum atomic E-state index is -1.03. The van der Waals surface area contributed by atoms with E-state index in [0.717, 1.165) is 26.3 Å². The number of halogens is 2. The van der Waals surface area contributed by atoms with Crippen LogP contribution in [-0.4, -0.2) is 29.2 Å². The highest BCUT2D eigenvalue weighted by molar-refractivity contribution is 9.10. The maximum atomic E-state index is 12.4. The minimum Gasteiger partial charge on any atom is -0.456 e. The molecule has 1 N–H and O–H groups in total. The van der Waals surface area contributed by atoms with Crippen molar-refractivity contribution in [1.29, 1.82) is 0 Å². The quantitative estimate of drug-likeness (QED) is 0.307. The van der Waals surface area contributed by atoms with Gasteiger partial charge in [-0.3, -0.25) is 9.00 Å². The maximum absolute atomic E-state index is 12.4. The number of carbonyl (C=O) groups is 1. The van der Waals surface area contributed by atoms with E-state index in [1.807, 2.05) is 54.8 Å². The number of ether oxygens (including phenoxy) is 1. The molecule has 0 spiro atoms. The molecule has 3 aromatic rings. The van der Waals surface area contributed by atoms with E-state index in [4.69, 9.17) is 16.3 Å². The van der Waals surface area contributed by atoms with Crippen molar-refractivity contribution in [3.63, 3.8) is 0 Å². The average molecular weight is 565 g/mol. The van der Waals surface area contributed by atoms with Gasteiger partial charge in [-0.2, -0.15) is 0 Å². The summed E-state index contributed by atoms with van der Waals surface area (Å²) in [6.07, 6.45) is 6.20. The van der Waals surface area contributed by atoms with Crippen LogP contribution in [0.5, 0.6) is 11.5 Å². The molecule has 0 aliphatic carbocycles. The van der Waals surface area contributed by atoms with Crippen molar-refractivity contribution < 1.29 is 13.7 Å². The van der Waals surface area contributed by atoms with Gasteiger partial charge in [-0.05, 0) is 94.3 Å². The van der Waals surface area contributed by atoms with Crippen molar-refractivity contribution in [1.82, 2.24) is 5.32 Å². The fourth-order valence-electron chi connectivity index (χ4n) is 2.96. The van der Waals surface area contributed by atoms with Crippen LogP contribution in [0.3, 0.4) is 0 Å². The number of rotatable bonds is 9. The van der Waals surface area contributed by atoms with Crippen LogP contribution in [0.1, 0.15) is 21.5 Å². The lowest BCUT2D eigenvalue weighted by Crippen LogP contribution is -2.25. The standard InChI is InChI=1S/C25H23BrClNO3S2/c1-32-24(33(2)30)16-18-5-12-23(22(26)15-18)31-21-10-6-19(7-11-21)25(29)28-14-13-17-3-8-20(27)9-4-17/h3-12,15-16H,13-14H2,1-2H3,(H,28,29). The lowest BCUT2D eigenvalue weighted by molar-refractivity contribution is 0.0954. The lowest BCUT2D eigenvalue weighted by Gasteiger charge is -2.10. The summed E-state index contributed by atoms with van der Waals surface area (Å²) in [5.41, 5.74) is 2.61. The molecule has 0 heterocycles. The second-order valence-electron chi connectivity index (χ2n) is 7.07. The molecule has 4 nitrogen and oxygen atoms in total. The third kappa shape index (κ3) is 7.74. The predicted molar refractivity (Wildman–Crippen MR) is 144 cm³/mol. The Hall–Kier alpha value is -2.06. The van der Waals surface area contributed by atoms with Gasteiger partial charge in [-0.25, -0.2) is 0 Å². The largest absolute Gasteiger partial charge is 0.456 e. The van der Waals surface area contributed by atoms with Gasteiger partial charge in [-0.15, -0.1) is 11.8 Å². The summed E-state index contributed by atoms with van der Waals surface area (Å²) >= 11 is 10.9. The molecular weight excluding hydrogens is 542 g/mol. The molecule has 0 bridgehead atoms. The number of amides is 1. The van der Waals surface area contributed by atoms with Crippen molar-refractivity contribution in [3.05, 3.63) is 97.2 Å². The van der Waals surface area contributed by atoms with Crippen LogP contribution in [0.25, 0.3) is 6.08 Å². The molecular formula is C25H23BrClNO3S2. The van der Waals surface area contributed by atoms with Crippen LogP contribution in [-0.2, 0) is 17.2 Å². The first-order valence-corrected chi connectivity index (χ1v) is 14.0. The maximum Gasteiger partial charge on any atom is 0.251 e. The molecule has 8 heteroatoms. The van der Waals surface area contributed by atoms with Gasteiger partial charge in [-0.1, -0.05) is 29.8 Å². The molecule has 0 aliphatic heterocycles. The molecule has 3 rings (SSSR count). The first-order chi connectivity index (χ1) is 15.9. The zero-order valence-corrected chi connectivity index (χ0v) is 22.1. The van der Waals surface area contributed by atoms with Gasteiger partial charge in [0, 0.05) is 23.4 Å². The number of benzene rings is 3. The van der Waals surface area contributed by atoms with E-state index in [9.17, 15) is 9.00 Å². The SMILES string of the molecule is CSC(=Cc1ccc(Oc2ccc(C(=O)NCCc3ccc(Cl)cc3)cc2)c(Br)c1)S(C)=O. The van der Waals surface area contributed by atoms with E-state index in [2.05, 4.69) is 21.2 Å². The Balaban J connectivity index is 1.58. The van der Waals surface area contributed by atoms with Crippen LogP contribution in [0, 0.1) is 0 Å². The fourth-order valence-corrected chi connectivity index (χ4v) is 5.06. The first kappa shape index (κ1) is 25.6. The summed E-state index contributed by atoms with van der Waals surface area (Å²) in [6, 6.07) is 20.3. The average Bonchev–Trinajstić information content (AvgIpc) is 2.80. The summed E-state index contributed by atoms with van der Waals surface area (Å²) < 4.78 is 19.3. The molecule has 1 atom stereocenters. The molecule has 0 saturated heterocycles. The van der Waals surface area contributed by atoms with E-state index >= 15 is 0 Å². The molecule has 0 fully saturated rings. The normalized spacial score (nSPS) is 12.3. The highest BCUT2D eigenvalue weighted by Crippen LogP contribution is 2.32. The molecule has 33 heavy (non-hydrogen) atoms. The van der Waals surface area contributed by atoms with Gasteiger partial charge in [0.2, 0.25) is 0 Å². The van der Waals surface area contributed by atoms with Crippen LogP contribution in [0.2, 0.25) is 5.02 Å². The van der Waals surface area contributed by atoms with E-state index in [0.29, 0.717) is 28.6 Å². The third-order valence-electron chi connectivity index (χ3n) is 4.68. The highest BCUT2D eigenvalue weighted by Gasteiger charge is 2.08. The summed E-state index contributed by atoms with van der Waals surface area (Å²) in [7, 11) is -1.03. The summed E-state index contributed by atoms with van der Waals surface area (Å²) in [5, 5.41) is 3.62. The molecule has 0 aliphatic rings. The smallest absolute Gasteiger partial charge is 0.251 e. The first-order valence-electron chi connectivity index (χ1n) is 10.0. The Kier molecular flexibility index (Phi) is 9.62. The number of nitrogens with one attached hydrogen (secondary N) is 1. The topological polar surface area (TPSA) is 55.4 Å². The van der Waals surface area contributed by atoms with E-state index < -0.39 is 10.8 Å². The van der Waals surface area contributed by atoms with Gasteiger partial charge >= 0.3 is 0 Å². The molecule has 172 valence electrons. The monoisotopic (exact) mass is 563 g/mol. The highest BCUT2D eigenvalue weighted by atomic mass is 79.9. The Morgan fingerprint density at radius 2 is 1.82 bits per heavy atom. The summed E-state index contributed by atoms with van der Waals surface area (Å²) in [5.74, 6) is 1.14. The van der Waals surface area contributed by atoms with Gasteiger partial charge in [0.15, 0.2) is 0 Å². The van der Waals surface area contributed by atoms with Crippen molar-refractivity contribution in [2.45, 2.75) is 6.42 Å². The summed E-state index contributed by atoms with van der Waals surface area (Å²) in [4.78, 5) is 12.4. The van der Waals surface area contributed by atoms with Crippen molar-refractivity contribution >= 4 is 62.1 Å². The van der Waals surface area contributed by atoms with Crippen molar-refractivity contribution in [2.24, 2.45) is 0 Å². The Labute approximate surface area is 214 Å². The van der Waals surface area contributed by atoms with Crippen LogP contribution < -0.4 is 10.1 Å². The number of hydrogen-bond donors (Lipinski definition) is 1. The number of thioether (sulfide) groups is 1. The van der Waals surface area contributed by atoms with Crippen molar-refractivity contribution in [3.8, 4) is 11.5 Å². The van der Waals surface area contributed by atoms with Gasteiger partial charge < -0.3 is 10.1 Å². The Morgan fingerprint density at radius 1 is 1.12 bits per heavy atom. The number of hydrogen-bond acceptors (Lipinski definition) is 4. The Morgan fingerprint density at radius 3 is 2.42 bits per heavy atom. The van der Waals surface area contributed by atoms with E-state index in [-0.39, 0.29) is 5.91 Å². The van der Waals surface area contributed by atoms with Crippen molar-refractivity contribution in [2.75, 3.05) is 19.1 Å². The Bertz CT molecular complexity index is 1170.